The van der Waals surface area contributed by atoms with Crippen molar-refractivity contribution in [1.82, 2.24) is 4.98 Å². The van der Waals surface area contributed by atoms with Crippen LogP contribution in [0.4, 0.5) is 0 Å². The number of carbonyl (C=O) groups excluding carboxylic acids is 2. The van der Waals surface area contributed by atoms with E-state index in [-0.39, 0.29) is 30.6 Å². The van der Waals surface area contributed by atoms with Crippen LogP contribution in [0, 0.1) is 17.3 Å². The third-order valence-electron chi connectivity index (χ3n) is 7.32. The summed E-state index contributed by atoms with van der Waals surface area (Å²) < 4.78 is 11.5. The number of cyclic esters (lactones) is 1. The summed E-state index contributed by atoms with van der Waals surface area (Å²) in [5, 5.41) is 10.8. The van der Waals surface area contributed by atoms with Gasteiger partial charge in [0.25, 0.3) is 0 Å². The summed E-state index contributed by atoms with van der Waals surface area (Å²) in [6, 6.07) is 5.61. The lowest BCUT2D eigenvalue weighted by Crippen LogP contribution is -2.39. The minimum absolute atomic E-state index is 0.0171. The van der Waals surface area contributed by atoms with Gasteiger partial charge in [-0.3, -0.25) is 9.59 Å². The van der Waals surface area contributed by atoms with Gasteiger partial charge in [-0.05, 0) is 56.2 Å². The number of aromatic nitrogens is 1. The van der Waals surface area contributed by atoms with E-state index >= 15 is 0 Å². The van der Waals surface area contributed by atoms with Crippen LogP contribution in [-0.4, -0.2) is 27.9 Å². The fraction of sp³-hybridized carbons (Fsp3) is 0.607. The number of fused-ring (bicyclic) bond motifs is 1. The van der Waals surface area contributed by atoms with Gasteiger partial charge in [0.1, 0.15) is 17.4 Å². The van der Waals surface area contributed by atoms with Gasteiger partial charge in [0.05, 0.1) is 12.6 Å². The number of oxazole rings is 1. The Morgan fingerprint density at radius 3 is 2.66 bits per heavy atom. The Balaban J connectivity index is 1.87. The molecular formula is C28H40N2O5. The van der Waals surface area contributed by atoms with E-state index in [4.69, 9.17) is 14.9 Å². The second-order valence-electron chi connectivity index (χ2n) is 10.7. The molecule has 2 unspecified atom stereocenters. The lowest BCUT2D eigenvalue weighted by atomic mass is 9.74. The molecule has 0 radical (unpaired) electrons. The molecule has 1 aliphatic rings. The molecule has 1 aliphatic heterocycles. The molecule has 35 heavy (non-hydrogen) atoms. The first-order valence-electron chi connectivity index (χ1n) is 12.7. The maximum absolute atomic E-state index is 13.2. The van der Waals surface area contributed by atoms with Crippen molar-refractivity contribution in [2.45, 2.75) is 91.9 Å². The van der Waals surface area contributed by atoms with Crippen LogP contribution in [0.5, 0.6) is 0 Å². The molecule has 0 saturated heterocycles. The first-order valence-corrected chi connectivity index (χ1v) is 12.7. The number of aliphatic hydroxyl groups excluding tert-OH is 1. The molecule has 0 fully saturated rings. The van der Waals surface area contributed by atoms with E-state index in [0.717, 1.165) is 24.8 Å². The normalized spacial score (nSPS) is 28.9. The Kier molecular flexibility index (Phi) is 8.89. The zero-order chi connectivity index (χ0) is 25.8. The number of rotatable bonds is 2. The standard InChI is InChI=1S/C28H40N2O5/c1-17-7-6-8-18(2)26(32)19(3)27(33)28(4,5)14-13-25(31)35-22(11-9-17)20-10-12-23-21(15-20)30-24(16-29)34-23/h9-10,12,15,18-19,22,26,32H,6-8,11,13-14,16,29H2,1-5H3/b17-9-/t18-,19+,22?,26?/m0/s1. The molecule has 0 amide bonds. The SMILES string of the molecule is C/C1=C/CC(c2ccc3oc(CN)nc3c2)OC(=O)CCC(C)(C)C(=O)[C@H](C)C(O)[C@@H](C)CCC1. The largest absolute Gasteiger partial charge is 0.457 e. The summed E-state index contributed by atoms with van der Waals surface area (Å²) in [6.07, 6.45) is 4.64. The Bertz CT molecular complexity index is 1070. The van der Waals surface area contributed by atoms with Crippen LogP contribution in [0.2, 0.25) is 0 Å². The fourth-order valence-corrected chi connectivity index (χ4v) is 4.84. The molecule has 3 N–H and O–H groups in total. The summed E-state index contributed by atoms with van der Waals surface area (Å²) in [4.78, 5) is 30.5. The molecule has 3 rings (SSSR count). The van der Waals surface area contributed by atoms with Crippen molar-refractivity contribution in [3.8, 4) is 0 Å². The van der Waals surface area contributed by atoms with Crippen molar-refractivity contribution in [2.75, 3.05) is 0 Å². The summed E-state index contributed by atoms with van der Waals surface area (Å²) in [6.45, 7) is 9.78. The van der Waals surface area contributed by atoms with Gasteiger partial charge < -0.3 is 20.0 Å². The highest BCUT2D eigenvalue weighted by atomic mass is 16.5. The molecule has 7 heteroatoms. The molecule has 2 heterocycles. The van der Waals surface area contributed by atoms with Crippen LogP contribution in [0.3, 0.4) is 0 Å². The molecule has 0 aliphatic carbocycles. The minimum Gasteiger partial charge on any atom is -0.457 e. The molecule has 1 aromatic carbocycles. The number of nitrogens with two attached hydrogens (primary N) is 1. The Morgan fingerprint density at radius 1 is 1.20 bits per heavy atom. The van der Waals surface area contributed by atoms with Crippen molar-refractivity contribution in [3.05, 3.63) is 41.3 Å². The smallest absolute Gasteiger partial charge is 0.306 e. The zero-order valence-corrected chi connectivity index (χ0v) is 21.7. The Hall–Kier alpha value is -2.51. The van der Waals surface area contributed by atoms with Crippen LogP contribution < -0.4 is 5.73 Å². The average Bonchev–Trinajstić information content (AvgIpc) is 3.25. The molecule has 0 saturated carbocycles. The predicted octanol–water partition coefficient (Wildman–Crippen LogP) is 5.40. The number of carbonyl (C=O) groups is 2. The van der Waals surface area contributed by atoms with Crippen molar-refractivity contribution in [3.63, 3.8) is 0 Å². The van der Waals surface area contributed by atoms with E-state index in [1.807, 2.05) is 39.0 Å². The monoisotopic (exact) mass is 484 g/mol. The number of ketones is 1. The van der Waals surface area contributed by atoms with Crippen molar-refractivity contribution < 1.29 is 23.8 Å². The number of ether oxygens (including phenoxy) is 1. The summed E-state index contributed by atoms with van der Waals surface area (Å²) in [5.41, 5.74) is 8.29. The van der Waals surface area contributed by atoms with Crippen LogP contribution >= 0.6 is 0 Å². The fourth-order valence-electron chi connectivity index (χ4n) is 4.84. The number of allylic oxidation sites excluding steroid dienone is 1. The van der Waals surface area contributed by atoms with Crippen molar-refractivity contribution in [2.24, 2.45) is 23.0 Å². The highest BCUT2D eigenvalue weighted by Crippen LogP contribution is 2.33. The van der Waals surface area contributed by atoms with E-state index in [9.17, 15) is 14.7 Å². The number of nitrogens with zero attached hydrogens (tertiary/aromatic N) is 1. The number of esters is 1. The van der Waals surface area contributed by atoms with Gasteiger partial charge in [-0.2, -0.15) is 0 Å². The molecule has 0 bridgehead atoms. The lowest BCUT2D eigenvalue weighted by Gasteiger charge is -2.31. The molecule has 0 spiro atoms. The quantitative estimate of drug-likeness (QED) is 0.433. The van der Waals surface area contributed by atoms with E-state index < -0.39 is 23.5 Å². The van der Waals surface area contributed by atoms with Gasteiger partial charge in [-0.25, -0.2) is 4.98 Å². The first-order chi connectivity index (χ1) is 16.5. The van der Waals surface area contributed by atoms with Crippen LogP contribution in [0.25, 0.3) is 11.1 Å². The van der Waals surface area contributed by atoms with Crippen LogP contribution in [-0.2, 0) is 20.9 Å². The summed E-state index contributed by atoms with van der Waals surface area (Å²) in [5.74, 6) is -0.366. The number of benzene rings is 1. The molecular weight excluding hydrogens is 444 g/mol. The molecule has 2 aromatic rings. The van der Waals surface area contributed by atoms with E-state index in [2.05, 4.69) is 18.0 Å². The maximum Gasteiger partial charge on any atom is 0.306 e. The van der Waals surface area contributed by atoms with Gasteiger partial charge in [0.15, 0.2) is 5.58 Å². The van der Waals surface area contributed by atoms with Gasteiger partial charge in [0.2, 0.25) is 5.89 Å². The first kappa shape index (κ1) is 27.1. The van der Waals surface area contributed by atoms with Crippen molar-refractivity contribution in [1.29, 1.82) is 0 Å². The number of hydrogen-bond donors (Lipinski definition) is 2. The zero-order valence-electron chi connectivity index (χ0n) is 21.7. The summed E-state index contributed by atoms with van der Waals surface area (Å²) in [7, 11) is 0. The number of hydrogen-bond acceptors (Lipinski definition) is 7. The third kappa shape index (κ3) is 6.79. The molecule has 7 nitrogen and oxygen atoms in total. The average molecular weight is 485 g/mol. The van der Waals surface area contributed by atoms with Gasteiger partial charge in [-0.15, -0.1) is 0 Å². The van der Waals surface area contributed by atoms with E-state index in [1.165, 1.54) is 5.57 Å². The molecule has 192 valence electrons. The number of aliphatic hydroxyl groups is 1. The highest BCUT2D eigenvalue weighted by Gasteiger charge is 2.37. The van der Waals surface area contributed by atoms with Gasteiger partial charge in [-0.1, -0.05) is 45.4 Å². The van der Waals surface area contributed by atoms with E-state index in [0.29, 0.717) is 29.8 Å². The topological polar surface area (TPSA) is 116 Å². The van der Waals surface area contributed by atoms with Gasteiger partial charge >= 0.3 is 5.97 Å². The van der Waals surface area contributed by atoms with Crippen LogP contribution in [0.15, 0.2) is 34.3 Å². The third-order valence-corrected chi connectivity index (χ3v) is 7.32. The maximum atomic E-state index is 13.2. The van der Waals surface area contributed by atoms with Crippen molar-refractivity contribution >= 4 is 22.9 Å². The molecule has 1 aromatic heterocycles. The number of Topliss-reactive ketones (excluding diaryl/α,β-unsaturated/α-hetero) is 1. The van der Waals surface area contributed by atoms with E-state index in [1.54, 1.807) is 6.92 Å². The second-order valence-corrected chi connectivity index (χ2v) is 10.7. The highest BCUT2D eigenvalue weighted by molar-refractivity contribution is 5.87. The second kappa shape index (κ2) is 11.5. The minimum atomic E-state index is -0.736. The Morgan fingerprint density at radius 2 is 1.94 bits per heavy atom. The van der Waals surface area contributed by atoms with Gasteiger partial charge in [0, 0.05) is 24.2 Å². The lowest BCUT2D eigenvalue weighted by molar-refractivity contribution is -0.150. The molecule has 4 atom stereocenters. The summed E-state index contributed by atoms with van der Waals surface area (Å²) >= 11 is 0. The Labute approximate surface area is 208 Å². The van der Waals surface area contributed by atoms with Crippen LogP contribution in [0.1, 0.15) is 90.7 Å². The predicted molar refractivity (Wildman–Crippen MR) is 135 cm³/mol.